The van der Waals surface area contributed by atoms with Crippen molar-refractivity contribution in [2.45, 2.75) is 0 Å². The van der Waals surface area contributed by atoms with E-state index < -0.39 is 4.92 Å². The summed E-state index contributed by atoms with van der Waals surface area (Å²) in [6, 6.07) is 1.29. The van der Waals surface area contributed by atoms with Crippen LogP contribution in [0.15, 0.2) is 22.3 Å². The van der Waals surface area contributed by atoms with E-state index in [1.54, 1.807) is 0 Å². The van der Waals surface area contributed by atoms with Gasteiger partial charge in [-0.05, 0) is 0 Å². The number of nitrogens with zero attached hydrogens (tertiary/aromatic N) is 3. The lowest BCUT2D eigenvalue weighted by atomic mass is 10.4. The standard InChI is InChI=1S/C6H3N3O3S/c10-9(11)4-1-2-12-5(4)6-8-7-3-13-6/h1-3H. The largest absolute Gasteiger partial charge is 0.455 e. The van der Waals surface area contributed by atoms with E-state index in [0.29, 0.717) is 5.01 Å². The molecule has 2 aromatic rings. The lowest BCUT2D eigenvalue weighted by Gasteiger charge is -1.87. The molecule has 7 heteroatoms. The van der Waals surface area contributed by atoms with Crippen molar-refractivity contribution in [2.24, 2.45) is 0 Å². The fourth-order valence-corrected chi connectivity index (χ4v) is 1.43. The Labute approximate surface area is 76.0 Å². The van der Waals surface area contributed by atoms with E-state index in [9.17, 15) is 10.1 Å². The van der Waals surface area contributed by atoms with Crippen LogP contribution in [0.4, 0.5) is 5.69 Å². The summed E-state index contributed by atoms with van der Waals surface area (Å²) in [6.45, 7) is 0. The van der Waals surface area contributed by atoms with Crippen LogP contribution in [0.3, 0.4) is 0 Å². The molecule has 0 aromatic carbocycles. The molecule has 66 valence electrons. The highest BCUT2D eigenvalue weighted by Gasteiger charge is 2.20. The normalized spacial score (nSPS) is 10.2. The summed E-state index contributed by atoms with van der Waals surface area (Å²) in [5, 5.41) is 18.1. The maximum absolute atomic E-state index is 10.5. The monoisotopic (exact) mass is 197 g/mol. The van der Waals surface area contributed by atoms with Crippen LogP contribution in [0, 0.1) is 10.1 Å². The maximum atomic E-state index is 10.5. The van der Waals surface area contributed by atoms with Crippen molar-refractivity contribution >= 4 is 17.0 Å². The van der Waals surface area contributed by atoms with Crippen LogP contribution < -0.4 is 0 Å². The van der Waals surface area contributed by atoms with Crippen molar-refractivity contribution in [3.63, 3.8) is 0 Å². The summed E-state index contributed by atoms with van der Waals surface area (Å²) in [6.07, 6.45) is 1.26. The van der Waals surface area contributed by atoms with Gasteiger partial charge in [-0.15, -0.1) is 10.2 Å². The zero-order valence-electron chi connectivity index (χ0n) is 6.21. The predicted octanol–water partition coefficient (Wildman–Crippen LogP) is 1.71. The van der Waals surface area contributed by atoms with Gasteiger partial charge in [0.1, 0.15) is 5.51 Å². The highest BCUT2D eigenvalue weighted by Crippen LogP contribution is 2.31. The van der Waals surface area contributed by atoms with Gasteiger partial charge in [-0.2, -0.15) is 0 Å². The van der Waals surface area contributed by atoms with Gasteiger partial charge < -0.3 is 4.42 Å². The Kier molecular flexibility index (Phi) is 1.78. The van der Waals surface area contributed by atoms with Gasteiger partial charge in [0.25, 0.3) is 0 Å². The van der Waals surface area contributed by atoms with Crippen molar-refractivity contribution < 1.29 is 9.34 Å². The molecule has 0 saturated carbocycles. The molecule has 0 amide bonds. The highest BCUT2D eigenvalue weighted by atomic mass is 32.1. The van der Waals surface area contributed by atoms with Crippen LogP contribution in [0.25, 0.3) is 10.8 Å². The number of rotatable bonds is 2. The van der Waals surface area contributed by atoms with Crippen molar-refractivity contribution in [2.75, 3.05) is 0 Å². The number of furan rings is 1. The minimum Gasteiger partial charge on any atom is -0.455 e. The van der Waals surface area contributed by atoms with Crippen LogP contribution >= 0.6 is 11.3 Å². The van der Waals surface area contributed by atoms with E-state index in [2.05, 4.69) is 10.2 Å². The van der Waals surface area contributed by atoms with Crippen LogP contribution in [0.2, 0.25) is 0 Å². The molecule has 0 spiro atoms. The summed E-state index contributed by atoms with van der Waals surface area (Å²) in [5.74, 6) is 0.160. The maximum Gasteiger partial charge on any atom is 0.317 e. The van der Waals surface area contributed by atoms with E-state index in [1.165, 1.54) is 29.2 Å². The molecule has 2 heterocycles. The second-order valence-corrected chi connectivity index (χ2v) is 2.97. The van der Waals surface area contributed by atoms with Gasteiger partial charge >= 0.3 is 5.69 Å². The summed E-state index contributed by atoms with van der Waals surface area (Å²) in [7, 11) is 0. The second kappa shape index (κ2) is 2.94. The Bertz CT molecular complexity index is 422. The van der Waals surface area contributed by atoms with Crippen molar-refractivity contribution in [3.05, 3.63) is 28.0 Å². The molecule has 0 bridgehead atoms. The van der Waals surface area contributed by atoms with Crippen LogP contribution in [0.1, 0.15) is 0 Å². The molecular formula is C6H3N3O3S. The minimum atomic E-state index is -0.514. The van der Waals surface area contributed by atoms with Gasteiger partial charge in [0, 0.05) is 0 Å². The molecule has 0 unspecified atom stereocenters. The molecule has 13 heavy (non-hydrogen) atoms. The Hall–Kier alpha value is -1.76. The first-order chi connectivity index (χ1) is 6.29. The Morgan fingerprint density at radius 1 is 1.62 bits per heavy atom. The summed E-state index contributed by atoms with van der Waals surface area (Å²) >= 11 is 1.19. The highest BCUT2D eigenvalue weighted by molar-refractivity contribution is 7.12. The summed E-state index contributed by atoms with van der Waals surface area (Å²) < 4.78 is 4.94. The number of hydrogen-bond donors (Lipinski definition) is 0. The first-order valence-electron chi connectivity index (χ1n) is 3.27. The lowest BCUT2D eigenvalue weighted by Crippen LogP contribution is -1.87. The zero-order chi connectivity index (χ0) is 9.26. The van der Waals surface area contributed by atoms with Gasteiger partial charge in [-0.3, -0.25) is 10.1 Å². The number of hydrogen-bond acceptors (Lipinski definition) is 6. The molecule has 2 aromatic heterocycles. The van der Waals surface area contributed by atoms with E-state index in [1.807, 2.05) is 0 Å². The van der Waals surface area contributed by atoms with Crippen LogP contribution in [0.5, 0.6) is 0 Å². The molecule has 0 aliphatic heterocycles. The van der Waals surface area contributed by atoms with Crippen molar-refractivity contribution in [3.8, 4) is 10.8 Å². The SMILES string of the molecule is O=[N+]([O-])c1ccoc1-c1nncs1. The predicted molar refractivity (Wildman–Crippen MR) is 44.3 cm³/mol. The molecule has 2 rings (SSSR count). The molecule has 0 saturated heterocycles. The molecule has 0 fully saturated rings. The quantitative estimate of drug-likeness (QED) is 0.540. The third-order valence-electron chi connectivity index (χ3n) is 1.40. The number of aromatic nitrogens is 2. The smallest absolute Gasteiger partial charge is 0.317 e. The van der Waals surface area contributed by atoms with Gasteiger partial charge in [-0.1, -0.05) is 11.3 Å². The third-order valence-corrected chi connectivity index (χ3v) is 2.09. The molecule has 0 aliphatic rings. The van der Waals surface area contributed by atoms with Gasteiger partial charge in [0.2, 0.25) is 5.76 Å². The summed E-state index contributed by atoms with van der Waals surface area (Å²) in [5.41, 5.74) is 1.40. The molecule has 6 nitrogen and oxygen atoms in total. The van der Waals surface area contributed by atoms with Crippen molar-refractivity contribution in [1.82, 2.24) is 10.2 Å². The van der Waals surface area contributed by atoms with E-state index in [0.717, 1.165) is 0 Å². The van der Waals surface area contributed by atoms with E-state index in [4.69, 9.17) is 4.42 Å². The number of nitro groups is 1. The Morgan fingerprint density at radius 2 is 2.46 bits per heavy atom. The molecule has 0 atom stereocenters. The molecule has 0 aliphatic carbocycles. The molecular weight excluding hydrogens is 194 g/mol. The van der Waals surface area contributed by atoms with Gasteiger partial charge in [-0.25, -0.2) is 0 Å². The second-order valence-electron chi connectivity index (χ2n) is 2.14. The van der Waals surface area contributed by atoms with Crippen LogP contribution in [-0.4, -0.2) is 15.1 Å². The Balaban J connectivity index is 2.52. The topological polar surface area (TPSA) is 82.1 Å². The van der Waals surface area contributed by atoms with Gasteiger partial charge in [0.05, 0.1) is 17.3 Å². The van der Waals surface area contributed by atoms with Crippen molar-refractivity contribution in [1.29, 1.82) is 0 Å². The first kappa shape index (κ1) is 7.87. The summed E-state index contributed by atoms with van der Waals surface area (Å²) in [4.78, 5) is 9.97. The Morgan fingerprint density at radius 3 is 3.08 bits per heavy atom. The van der Waals surface area contributed by atoms with Gasteiger partial charge in [0.15, 0.2) is 5.01 Å². The molecule has 0 radical (unpaired) electrons. The minimum absolute atomic E-state index is 0.0863. The fourth-order valence-electron chi connectivity index (χ4n) is 0.878. The van der Waals surface area contributed by atoms with Crippen LogP contribution in [-0.2, 0) is 0 Å². The fraction of sp³-hybridized carbons (Fsp3) is 0. The average Bonchev–Trinajstić information content (AvgIpc) is 2.74. The zero-order valence-corrected chi connectivity index (χ0v) is 7.02. The van der Waals surface area contributed by atoms with E-state index in [-0.39, 0.29) is 11.4 Å². The lowest BCUT2D eigenvalue weighted by molar-refractivity contribution is -0.384. The first-order valence-corrected chi connectivity index (χ1v) is 4.15. The third kappa shape index (κ3) is 1.29. The average molecular weight is 197 g/mol. The molecule has 0 N–H and O–H groups in total. The van der Waals surface area contributed by atoms with E-state index >= 15 is 0 Å².